The quantitative estimate of drug-likeness (QED) is 0.462. The van der Waals surface area contributed by atoms with E-state index in [1.165, 1.54) is 30.0 Å². The fourth-order valence-corrected chi connectivity index (χ4v) is 3.50. The molecule has 0 spiro atoms. The van der Waals surface area contributed by atoms with E-state index in [9.17, 15) is 19.2 Å². The molecule has 2 aromatic heterocycles. The summed E-state index contributed by atoms with van der Waals surface area (Å²) in [6, 6.07) is 12.4. The SMILES string of the molecule is COC(=O)c1ccc(NC(=O)c2cn(C)c3c(=O)n(-c4ccc(Cl)cc4)c(=O)[nH]c23)cc1. The topological polar surface area (TPSA) is 115 Å². The van der Waals surface area contributed by atoms with E-state index in [-0.39, 0.29) is 16.6 Å². The van der Waals surface area contributed by atoms with Gasteiger partial charge in [-0.3, -0.25) is 9.59 Å². The Hall–Kier alpha value is -4.11. The summed E-state index contributed by atoms with van der Waals surface area (Å²) in [7, 11) is 2.89. The zero-order valence-electron chi connectivity index (χ0n) is 17.0. The molecule has 2 N–H and O–H groups in total. The van der Waals surface area contributed by atoms with E-state index in [1.807, 2.05) is 0 Å². The van der Waals surface area contributed by atoms with Gasteiger partial charge in [-0.15, -0.1) is 0 Å². The van der Waals surface area contributed by atoms with Crippen LogP contribution < -0.4 is 16.6 Å². The number of carbonyl (C=O) groups excluding carboxylic acids is 2. The molecule has 162 valence electrons. The highest BCUT2D eigenvalue weighted by atomic mass is 35.5. The van der Waals surface area contributed by atoms with Crippen molar-refractivity contribution in [1.82, 2.24) is 14.1 Å². The second kappa shape index (κ2) is 8.20. The number of benzene rings is 2. The third kappa shape index (κ3) is 3.69. The van der Waals surface area contributed by atoms with Crippen LogP contribution in [-0.4, -0.2) is 33.1 Å². The Labute approximate surface area is 185 Å². The maximum Gasteiger partial charge on any atom is 0.337 e. The summed E-state index contributed by atoms with van der Waals surface area (Å²) in [4.78, 5) is 52.8. The van der Waals surface area contributed by atoms with Crippen LogP contribution in [-0.2, 0) is 11.8 Å². The molecule has 0 aliphatic heterocycles. The van der Waals surface area contributed by atoms with Crippen molar-refractivity contribution >= 4 is 40.2 Å². The first-order valence-electron chi connectivity index (χ1n) is 9.40. The standard InChI is InChI=1S/C22H17ClN4O5/c1-26-11-16(19(28)24-14-7-3-12(4-8-14)21(30)32-2)17-18(26)20(29)27(22(31)25-17)15-9-5-13(23)6-10-15/h3-11H,1-2H3,(H,24,28)(H,25,31). The molecule has 32 heavy (non-hydrogen) atoms. The van der Waals surface area contributed by atoms with Crippen LogP contribution in [0.25, 0.3) is 16.7 Å². The maximum atomic E-state index is 13.1. The number of rotatable bonds is 4. The number of nitrogens with one attached hydrogen (secondary N) is 2. The van der Waals surface area contributed by atoms with Crippen molar-refractivity contribution in [3.05, 3.63) is 91.7 Å². The summed E-state index contributed by atoms with van der Waals surface area (Å²) in [6.45, 7) is 0. The first-order chi connectivity index (χ1) is 15.3. The Morgan fingerprint density at radius 2 is 1.69 bits per heavy atom. The average molecular weight is 453 g/mol. The molecule has 0 radical (unpaired) electrons. The summed E-state index contributed by atoms with van der Waals surface area (Å²) in [6.07, 6.45) is 1.46. The molecule has 0 unspecified atom stereocenters. The van der Waals surface area contributed by atoms with Gasteiger partial charge in [0.15, 0.2) is 0 Å². The molecule has 4 aromatic rings. The largest absolute Gasteiger partial charge is 0.465 e. The molecule has 0 bridgehead atoms. The minimum Gasteiger partial charge on any atom is -0.465 e. The molecule has 0 aliphatic carbocycles. The predicted molar refractivity (Wildman–Crippen MR) is 120 cm³/mol. The minimum atomic E-state index is -0.687. The lowest BCUT2D eigenvalue weighted by Crippen LogP contribution is -2.34. The van der Waals surface area contributed by atoms with Gasteiger partial charge in [-0.25, -0.2) is 14.2 Å². The van der Waals surface area contributed by atoms with E-state index in [2.05, 4.69) is 15.0 Å². The Bertz CT molecular complexity index is 1460. The lowest BCUT2D eigenvalue weighted by Gasteiger charge is -2.07. The van der Waals surface area contributed by atoms with E-state index in [0.29, 0.717) is 22.0 Å². The highest BCUT2D eigenvalue weighted by molar-refractivity contribution is 6.30. The lowest BCUT2D eigenvalue weighted by atomic mass is 10.2. The van der Waals surface area contributed by atoms with Crippen molar-refractivity contribution < 1.29 is 14.3 Å². The first-order valence-corrected chi connectivity index (χ1v) is 9.78. The molecule has 2 aromatic carbocycles. The van der Waals surface area contributed by atoms with Gasteiger partial charge in [-0.1, -0.05) is 11.6 Å². The molecule has 0 saturated carbocycles. The van der Waals surface area contributed by atoms with Crippen LogP contribution >= 0.6 is 11.6 Å². The number of aromatic amines is 1. The molecule has 1 amide bonds. The number of esters is 1. The van der Waals surface area contributed by atoms with Crippen LogP contribution in [0.1, 0.15) is 20.7 Å². The molecule has 0 atom stereocenters. The number of anilines is 1. The zero-order valence-corrected chi connectivity index (χ0v) is 17.8. The molecule has 10 heteroatoms. The number of H-pyrrole nitrogens is 1. The molecular weight excluding hydrogens is 436 g/mol. The maximum absolute atomic E-state index is 13.1. The smallest absolute Gasteiger partial charge is 0.337 e. The Morgan fingerprint density at radius 1 is 1.03 bits per heavy atom. The van der Waals surface area contributed by atoms with E-state index in [1.54, 1.807) is 43.4 Å². The monoisotopic (exact) mass is 452 g/mol. The number of fused-ring (bicyclic) bond motifs is 1. The lowest BCUT2D eigenvalue weighted by molar-refractivity contribution is 0.0600. The number of aryl methyl sites for hydroxylation is 1. The van der Waals surface area contributed by atoms with E-state index in [0.717, 1.165) is 4.57 Å². The summed E-state index contributed by atoms with van der Waals surface area (Å²) in [5.74, 6) is -1.02. The van der Waals surface area contributed by atoms with Crippen molar-refractivity contribution in [3.63, 3.8) is 0 Å². The summed E-state index contributed by atoms with van der Waals surface area (Å²) < 4.78 is 7.11. The molecule has 0 aliphatic rings. The summed E-state index contributed by atoms with van der Waals surface area (Å²) in [5.41, 5.74) is 0.251. The fraction of sp³-hybridized carbons (Fsp3) is 0.0909. The van der Waals surface area contributed by atoms with E-state index in [4.69, 9.17) is 11.6 Å². The number of hydrogen-bond donors (Lipinski definition) is 2. The van der Waals surface area contributed by atoms with Gasteiger partial charge in [0, 0.05) is 24.0 Å². The zero-order chi connectivity index (χ0) is 23.0. The van der Waals surface area contributed by atoms with Gasteiger partial charge >= 0.3 is 11.7 Å². The van der Waals surface area contributed by atoms with Crippen molar-refractivity contribution in [2.24, 2.45) is 7.05 Å². The predicted octanol–water partition coefficient (Wildman–Crippen LogP) is 2.71. The van der Waals surface area contributed by atoms with Crippen LogP contribution in [0.3, 0.4) is 0 Å². The van der Waals surface area contributed by atoms with E-state index >= 15 is 0 Å². The third-order valence-electron chi connectivity index (χ3n) is 4.92. The van der Waals surface area contributed by atoms with Crippen LogP contribution in [0, 0.1) is 0 Å². The number of methoxy groups -OCH3 is 1. The normalized spacial score (nSPS) is 10.8. The number of aromatic nitrogens is 3. The van der Waals surface area contributed by atoms with Crippen LogP contribution in [0.15, 0.2) is 64.3 Å². The van der Waals surface area contributed by atoms with Gasteiger partial charge < -0.3 is 19.6 Å². The average Bonchev–Trinajstić information content (AvgIpc) is 3.11. The number of hydrogen-bond acceptors (Lipinski definition) is 5. The van der Waals surface area contributed by atoms with Crippen molar-refractivity contribution in [2.75, 3.05) is 12.4 Å². The number of ether oxygens (including phenoxy) is 1. The first kappa shape index (κ1) is 21.1. The Morgan fingerprint density at radius 3 is 2.31 bits per heavy atom. The minimum absolute atomic E-state index is 0.122. The number of halogens is 1. The fourth-order valence-electron chi connectivity index (χ4n) is 3.37. The molecule has 0 saturated heterocycles. The van der Waals surface area contributed by atoms with Crippen molar-refractivity contribution in [2.45, 2.75) is 0 Å². The van der Waals surface area contributed by atoms with E-state index < -0.39 is 23.1 Å². The Kier molecular flexibility index (Phi) is 5.41. The second-order valence-electron chi connectivity index (χ2n) is 6.95. The molecular formula is C22H17ClN4O5. The molecule has 9 nitrogen and oxygen atoms in total. The summed E-state index contributed by atoms with van der Waals surface area (Å²) in [5, 5.41) is 3.16. The second-order valence-corrected chi connectivity index (χ2v) is 7.38. The highest BCUT2D eigenvalue weighted by Crippen LogP contribution is 2.18. The van der Waals surface area contributed by atoms with Gasteiger partial charge in [0.25, 0.3) is 11.5 Å². The van der Waals surface area contributed by atoms with Gasteiger partial charge in [0.05, 0.1) is 29.4 Å². The van der Waals surface area contributed by atoms with Crippen LogP contribution in [0.4, 0.5) is 5.69 Å². The number of amides is 1. The van der Waals surface area contributed by atoms with Crippen LogP contribution in [0.2, 0.25) is 5.02 Å². The highest BCUT2D eigenvalue weighted by Gasteiger charge is 2.20. The third-order valence-corrected chi connectivity index (χ3v) is 5.17. The number of carbonyl (C=O) groups is 2. The Balaban J connectivity index is 1.73. The van der Waals surface area contributed by atoms with Gasteiger partial charge in [-0.05, 0) is 48.5 Å². The van der Waals surface area contributed by atoms with Gasteiger partial charge in [0.1, 0.15) is 5.52 Å². The van der Waals surface area contributed by atoms with Crippen LogP contribution in [0.5, 0.6) is 0 Å². The van der Waals surface area contributed by atoms with Gasteiger partial charge in [0.2, 0.25) is 0 Å². The number of nitrogens with zero attached hydrogens (tertiary/aromatic N) is 2. The van der Waals surface area contributed by atoms with Crippen molar-refractivity contribution in [1.29, 1.82) is 0 Å². The molecule has 0 fully saturated rings. The van der Waals surface area contributed by atoms with Crippen molar-refractivity contribution in [3.8, 4) is 5.69 Å². The molecule has 2 heterocycles. The van der Waals surface area contributed by atoms with Gasteiger partial charge in [-0.2, -0.15) is 0 Å². The molecule has 4 rings (SSSR count). The summed E-state index contributed by atoms with van der Waals surface area (Å²) >= 11 is 5.89.